The zero-order valence-electron chi connectivity index (χ0n) is 22.1. The normalized spacial score (nSPS) is 34.5. The Bertz CT molecular complexity index is 1300. The number of cyclic esters (lactones) is 1. The van der Waals surface area contributed by atoms with Crippen LogP contribution in [-0.2, 0) is 53.3 Å². The third-order valence-corrected chi connectivity index (χ3v) is 9.20. The van der Waals surface area contributed by atoms with Crippen molar-refractivity contribution in [2.75, 3.05) is 13.2 Å². The first-order chi connectivity index (χ1) is 16.8. The van der Waals surface area contributed by atoms with Crippen LogP contribution in [0.5, 0.6) is 0 Å². The van der Waals surface area contributed by atoms with Gasteiger partial charge in [-0.15, -0.1) is 0 Å². The number of carbonyl (C=O) groups is 1. The Morgan fingerprint density at radius 1 is 1.00 bits per heavy atom. The van der Waals surface area contributed by atoms with Crippen molar-refractivity contribution >= 4 is 37.2 Å². The zero-order chi connectivity index (χ0) is 28.0. The maximum absolute atomic E-state index is 12.2. The van der Waals surface area contributed by atoms with Gasteiger partial charge in [-0.1, -0.05) is 32.1 Å². The van der Waals surface area contributed by atoms with Gasteiger partial charge in [0.25, 0.3) is 0 Å². The minimum atomic E-state index is -4.91. The van der Waals surface area contributed by atoms with Gasteiger partial charge in [0.15, 0.2) is 0 Å². The van der Waals surface area contributed by atoms with Crippen LogP contribution in [0.1, 0.15) is 46.0 Å². The van der Waals surface area contributed by atoms with E-state index in [0.717, 1.165) is 5.57 Å². The molecule has 3 N–H and O–H groups in total. The quantitative estimate of drug-likeness (QED) is 0.0714. The fourth-order valence-corrected chi connectivity index (χ4v) is 7.71. The molecule has 1 aliphatic heterocycles. The van der Waals surface area contributed by atoms with Crippen LogP contribution >= 0.6 is 0 Å². The summed E-state index contributed by atoms with van der Waals surface area (Å²) >= 11 is 0. The predicted octanol–water partition coefficient (Wildman–Crippen LogP) is -4.55. The second kappa shape index (κ2) is 13.5. The van der Waals surface area contributed by atoms with Crippen LogP contribution in [0.4, 0.5) is 0 Å². The molecule has 0 aromatic rings. The van der Waals surface area contributed by atoms with Gasteiger partial charge >= 0.3 is 96.3 Å². The van der Waals surface area contributed by atoms with E-state index in [-0.39, 0.29) is 83.4 Å². The number of esters is 1. The number of allylic oxidation sites excluding steroid dienone is 2. The summed E-state index contributed by atoms with van der Waals surface area (Å²) in [5.41, 5.74) is -1.29. The van der Waals surface area contributed by atoms with Crippen molar-refractivity contribution in [2.24, 2.45) is 22.7 Å². The van der Waals surface area contributed by atoms with Gasteiger partial charge in [-0.2, -0.15) is 25.3 Å². The second-order valence-corrected chi connectivity index (χ2v) is 13.2. The van der Waals surface area contributed by atoms with Crippen LogP contribution in [0.15, 0.2) is 23.8 Å². The third-order valence-electron chi connectivity index (χ3n) is 7.83. The van der Waals surface area contributed by atoms with Gasteiger partial charge in [0, 0.05) is 5.41 Å². The summed E-state index contributed by atoms with van der Waals surface area (Å²) in [4.78, 5) is 12.2. The molecule has 3 aliphatic rings. The largest absolute Gasteiger partial charge is 1.00 e. The molecular formula is C20H30Na2O14S3+2. The molecule has 0 unspecified atom stereocenters. The molecule has 2 saturated carbocycles. The summed E-state index contributed by atoms with van der Waals surface area (Å²) in [7, 11) is -14.7. The van der Waals surface area contributed by atoms with E-state index in [9.17, 15) is 39.2 Å². The maximum atomic E-state index is 12.2. The zero-order valence-corrected chi connectivity index (χ0v) is 28.6. The summed E-state index contributed by atoms with van der Waals surface area (Å²) in [6.45, 7) is 6.53. The molecule has 0 radical (unpaired) electrons. The van der Waals surface area contributed by atoms with Gasteiger partial charge in [-0.05, 0) is 49.4 Å². The molecule has 1 saturated heterocycles. The number of ether oxygens (including phenoxy) is 1. The Balaban J connectivity index is 0.00000380. The summed E-state index contributed by atoms with van der Waals surface area (Å²) < 4.78 is 115. The first kappa shape index (κ1) is 37.6. The Hall–Kier alpha value is 0.560. The molecule has 0 amide bonds. The summed E-state index contributed by atoms with van der Waals surface area (Å²) in [5.74, 6) is -1.62. The van der Waals surface area contributed by atoms with E-state index in [4.69, 9.17) is 13.5 Å². The molecular weight excluding hydrogens is 606 g/mol. The van der Waals surface area contributed by atoms with E-state index in [2.05, 4.69) is 14.9 Å². The standard InChI is InChI=1S/C20H30O14S3.2Na/c1-12-4-7-16-19(2,14(12)6-5-13-15(10-31-18(13)21)33-36(25,26)27)9-8-17(34-37(28,29)30)20(16,3)11-32-35(22,23)24;;/h5,14-17H,1,4,6-11H2,2-3H3,(H,22,23,24)(H,25,26,27)(H,28,29,30);;/q;2*+1/b13-5+;;/t14-,15-,16+,17-,19+,20+;;/m1../s1. The van der Waals surface area contributed by atoms with Gasteiger partial charge < -0.3 is 4.74 Å². The van der Waals surface area contributed by atoms with Crippen molar-refractivity contribution in [3.8, 4) is 0 Å². The molecule has 19 heteroatoms. The van der Waals surface area contributed by atoms with Crippen LogP contribution in [0.25, 0.3) is 0 Å². The van der Waals surface area contributed by atoms with Crippen LogP contribution in [0, 0.1) is 22.7 Å². The molecule has 0 aromatic heterocycles. The van der Waals surface area contributed by atoms with Crippen molar-refractivity contribution in [3.05, 3.63) is 23.8 Å². The summed E-state index contributed by atoms with van der Waals surface area (Å²) in [5, 5.41) is 0. The molecule has 0 bridgehead atoms. The first-order valence-electron chi connectivity index (χ1n) is 11.2. The van der Waals surface area contributed by atoms with E-state index in [0.29, 0.717) is 19.3 Å². The smallest absolute Gasteiger partial charge is 0.459 e. The van der Waals surface area contributed by atoms with E-state index in [1.807, 2.05) is 6.92 Å². The van der Waals surface area contributed by atoms with Crippen LogP contribution < -0.4 is 59.1 Å². The Kier molecular flexibility index (Phi) is 13.0. The Morgan fingerprint density at radius 2 is 1.59 bits per heavy atom. The third kappa shape index (κ3) is 9.27. The average Bonchev–Trinajstić information content (AvgIpc) is 3.05. The second-order valence-electron chi connectivity index (χ2n) is 10.1. The number of carbonyl (C=O) groups excluding carboxylic acids is 1. The molecule has 0 aromatic carbocycles. The van der Waals surface area contributed by atoms with Crippen LogP contribution in [0.2, 0.25) is 0 Å². The predicted molar refractivity (Wildman–Crippen MR) is 125 cm³/mol. The van der Waals surface area contributed by atoms with Crippen LogP contribution in [0.3, 0.4) is 0 Å². The average molecular weight is 637 g/mol. The van der Waals surface area contributed by atoms with Crippen molar-refractivity contribution in [2.45, 2.75) is 58.2 Å². The molecule has 1 heterocycles. The van der Waals surface area contributed by atoms with E-state index >= 15 is 0 Å². The minimum absolute atomic E-state index is 0. The monoisotopic (exact) mass is 636 g/mol. The number of rotatable bonds is 9. The Labute approximate surface area is 272 Å². The van der Waals surface area contributed by atoms with Gasteiger partial charge in [-0.25, -0.2) is 17.3 Å². The first-order valence-corrected chi connectivity index (χ1v) is 15.3. The number of hydrogen-bond donors (Lipinski definition) is 3. The van der Waals surface area contributed by atoms with Gasteiger partial charge in [0.2, 0.25) is 0 Å². The molecule has 0 spiro atoms. The Morgan fingerprint density at radius 3 is 2.13 bits per heavy atom. The van der Waals surface area contributed by atoms with Gasteiger partial charge in [-0.3, -0.25) is 13.7 Å². The molecule has 212 valence electrons. The van der Waals surface area contributed by atoms with Gasteiger partial charge in [0.05, 0.1) is 18.3 Å². The van der Waals surface area contributed by atoms with E-state index in [1.165, 1.54) is 6.08 Å². The molecule has 3 rings (SSSR count). The van der Waals surface area contributed by atoms with Gasteiger partial charge in [0.1, 0.15) is 12.7 Å². The van der Waals surface area contributed by atoms with Crippen molar-refractivity contribution in [1.82, 2.24) is 0 Å². The topological polar surface area (TPSA) is 217 Å². The SMILES string of the molecule is C=C1CC[C@@H]2[C@](C)(COS(=O)(=O)O)[C@H](OS(=O)(=O)O)CC[C@@]2(C)[C@@H]1C/C=C1/C(=O)OC[C@H]1OS(=O)(=O)O.[Na+].[Na+]. The minimum Gasteiger partial charge on any atom is -0.459 e. The molecule has 14 nitrogen and oxygen atoms in total. The van der Waals surface area contributed by atoms with E-state index in [1.54, 1.807) is 6.92 Å². The summed E-state index contributed by atoms with van der Waals surface area (Å²) in [6.07, 6.45) is 0.373. The summed E-state index contributed by atoms with van der Waals surface area (Å²) in [6, 6.07) is 0. The molecule has 6 atom stereocenters. The van der Waals surface area contributed by atoms with Crippen molar-refractivity contribution in [3.63, 3.8) is 0 Å². The van der Waals surface area contributed by atoms with Crippen LogP contribution in [-0.4, -0.2) is 70.3 Å². The molecule has 2 aliphatic carbocycles. The number of fused-ring (bicyclic) bond motifs is 1. The van der Waals surface area contributed by atoms with Crippen molar-refractivity contribution < 1.29 is 120 Å². The maximum Gasteiger partial charge on any atom is 1.00 e. The molecule has 3 fully saturated rings. The number of hydrogen-bond acceptors (Lipinski definition) is 11. The van der Waals surface area contributed by atoms with Crippen molar-refractivity contribution in [1.29, 1.82) is 0 Å². The van der Waals surface area contributed by atoms with E-state index < -0.39 is 79.3 Å². The fraction of sp³-hybridized carbons (Fsp3) is 0.750. The fourth-order valence-electron chi connectivity index (χ4n) is 6.25. The molecule has 39 heavy (non-hydrogen) atoms.